The number of benzene rings is 2. The van der Waals surface area contributed by atoms with Crippen LogP contribution in [0.15, 0.2) is 58.3 Å². The van der Waals surface area contributed by atoms with Crippen molar-refractivity contribution in [2.24, 2.45) is 4.99 Å². The Hall–Kier alpha value is -2.65. The van der Waals surface area contributed by atoms with Crippen molar-refractivity contribution in [3.8, 4) is 0 Å². The lowest BCUT2D eigenvalue weighted by Crippen LogP contribution is -2.26. The molecule has 28 heavy (non-hydrogen) atoms. The van der Waals surface area contributed by atoms with E-state index in [1.807, 2.05) is 12.1 Å². The first-order valence-electron chi connectivity index (χ1n) is 8.60. The SMILES string of the molecule is O=C(OCn1nnc2ccccc2c1=O)c1ccccc1CSC1=NCCS1. The summed E-state index contributed by atoms with van der Waals surface area (Å²) in [6, 6.07) is 14.2. The number of thioether (sulfide) groups is 2. The van der Waals surface area contributed by atoms with Crippen LogP contribution in [-0.4, -0.2) is 37.6 Å². The molecule has 0 amide bonds. The van der Waals surface area contributed by atoms with Crippen molar-refractivity contribution in [1.82, 2.24) is 15.0 Å². The van der Waals surface area contributed by atoms with Crippen molar-refractivity contribution >= 4 is 44.8 Å². The highest BCUT2D eigenvalue weighted by Crippen LogP contribution is 2.26. The first-order chi connectivity index (χ1) is 13.7. The lowest BCUT2D eigenvalue weighted by Gasteiger charge is -2.10. The van der Waals surface area contributed by atoms with Crippen molar-refractivity contribution in [2.75, 3.05) is 12.3 Å². The Morgan fingerprint density at radius 1 is 1.18 bits per heavy atom. The second kappa shape index (κ2) is 8.57. The number of esters is 1. The van der Waals surface area contributed by atoms with Crippen molar-refractivity contribution in [3.63, 3.8) is 0 Å². The van der Waals surface area contributed by atoms with Gasteiger partial charge in [0.25, 0.3) is 5.56 Å². The highest BCUT2D eigenvalue weighted by atomic mass is 32.2. The van der Waals surface area contributed by atoms with E-state index in [2.05, 4.69) is 15.3 Å². The molecule has 0 bridgehead atoms. The lowest BCUT2D eigenvalue weighted by atomic mass is 10.1. The number of carbonyl (C=O) groups excluding carboxylic acids is 1. The first kappa shape index (κ1) is 18.7. The molecule has 0 unspecified atom stereocenters. The van der Waals surface area contributed by atoms with Crippen LogP contribution in [0, 0.1) is 0 Å². The summed E-state index contributed by atoms with van der Waals surface area (Å²) in [5.41, 5.74) is 1.49. The van der Waals surface area contributed by atoms with E-state index in [9.17, 15) is 9.59 Å². The molecule has 142 valence electrons. The molecule has 0 N–H and O–H groups in total. The normalized spacial score (nSPS) is 13.5. The van der Waals surface area contributed by atoms with Crippen LogP contribution in [0.25, 0.3) is 10.9 Å². The third-order valence-electron chi connectivity index (χ3n) is 4.09. The van der Waals surface area contributed by atoms with E-state index in [1.54, 1.807) is 59.9 Å². The number of carbonyl (C=O) groups is 1. The molecule has 2 aromatic carbocycles. The Balaban J connectivity index is 1.47. The molecule has 0 radical (unpaired) electrons. The van der Waals surface area contributed by atoms with Crippen LogP contribution in [0.3, 0.4) is 0 Å². The highest BCUT2D eigenvalue weighted by molar-refractivity contribution is 8.38. The minimum atomic E-state index is -0.501. The van der Waals surface area contributed by atoms with Gasteiger partial charge >= 0.3 is 5.97 Å². The molecule has 3 aromatic rings. The number of hydrogen-bond donors (Lipinski definition) is 0. The quantitative estimate of drug-likeness (QED) is 0.596. The Bertz CT molecular complexity index is 1110. The van der Waals surface area contributed by atoms with Gasteiger partial charge in [0.15, 0.2) is 6.73 Å². The fourth-order valence-corrected chi connectivity index (χ4v) is 4.71. The fourth-order valence-electron chi connectivity index (χ4n) is 2.69. The molecule has 0 aliphatic carbocycles. The summed E-state index contributed by atoms with van der Waals surface area (Å²) < 4.78 is 7.42. The van der Waals surface area contributed by atoms with Gasteiger partial charge < -0.3 is 4.74 Å². The monoisotopic (exact) mass is 412 g/mol. The van der Waals surface area contributed by atoms with E-state index in [0.29, 0.717) is 22.2 Å². The zero-order valence-corrected chi connectivity index (χ0v) is 16.4. The molecule has 7 nitrogen and oxygen atoms in total. The fraction of sp³-hybridized carbons (Fsp3) is 0.211. The first-order valence-corrected chi connectivity index (χ1v) is 10.6. The van der Waals surface area contributed by atoms with Crippen LogP contribution in [0.2, 0.25) is 0 Å². The van der Waals surface area contributed by atoms with Gasteiger partial charge in [0.1, 0.15) is 9.89 Å². The van der Waals surface area contributed by atoms with E-state index in [0.717, 1.165) is 26.9 Å². The largest absolute Gasteiger partial charge is 0.439 e. The van der Waals surface area contributed by atoms with Gasteiger partial charge in [-0.25, -0.2) is 4.79 Å². The van der Waals surface area contributed by atoms with Gasteiger partial charge in [-0.05, 0) is 23.8 Å². The van der Waals surface area contributed by atoms with Crippen molar-refractivity contribution in [2.45, 2.75) is 12.5 Å². The van der Waals surface area contributed by atoms with Gasteiger partial charge in [0, 0.05) is 11.5 Å². The summed E-state index contributed by atoms with van der Waals surface area (Å²) >= 11 is 3.34. The molecule has 1 aromatic heterocycles. The van der Waals surface area contributed by atoms with E-state index < -0.39 is 5.97 Å². The number of aliphatic imine (C=N–C) groups is 1. The number of ether oxygens (including phenoxy) is 1. The van der Waals surface area contributed by atoms with Gasteiger partial charge in [-0.3, -0.25) is 9.79 Å². The average Bonchev–Trinajstić information content (AvgIpc) is 3.26. The summed E-state index contributed by atoms with van der Waals surface area (Å²) in [6.45, 7) is 0.553. The molecule has 0 saturated carbocycles. The standard InChI is InChI=1S/C19H16N4O3S2/c24-17-15-7-3-4-8-16(15)21-22-23(17)12-26-18(25)14-6-2-1-5-13(14)11-28-19-20-9-10-27-19/h1-8H,9-12H2. The maximum Gasteiger partial charge on any atom is 0.340 e. The Morgan fingerprint density at radius 3 is 2.86 bits per heavy atom. The van der Waals surface area contributed by atoms with Crippen LogP contribution >= 0.6 is 23.5 Å². The number of fused-ring (bicyclic) bond motifs is 1. The van der Waals surface area contributed by atoms with Crippen LogP contribution in [0.1, 0.15) is 15.9 Å². The lowest BCUT2D eigenvalue weighted by molar-refractivity contribution is 0.0335. The maximum absolute atomic E-state index is 12.6. The van der Waals surface area contributed by atoms with Crippen molar-refractivity contribution in [3.05, 3.63) is 70.0 Å². The molecule has 0 saturated heterocycles. The van der Waals surface area contributed by atoms with E-state index in [1.165, 1.54) is 0 Å². The van der Waals surface area contributed by atoms with E-state index >= 15 is 0 Å². The molecule has 0 spiro atoms. The molecule has 1 aliphatic rings. The van der Waals surface area contributed by atoms with Gasteiger partial charge in [0.2, 0.25) is 0 Å². The highest BCUT2D eigenvalue weighted by Gasteiger charge is 2.15. The molecular weight excluding hydrogens is 396 g/mol. The molecule has 1 aliphatic heterocycles. The Morgan fingerprint density at radius 2 is 2.00 bits per heavy atom. The maximum atomic E-state index is 12.6. The topological polar surface area (TPSA) is 86.4 Å². The number of nitrogens with zero attached hydrogens (tertiary/aromatic N) is 4. The summed E-state index contributed by atoms with van der Waals surface area (Å²) in [5, 5.41) is 8.25. The molecule has 9 heteroatoms. The van der Waals surface area contributed by atoms with Crippen molar-refractivity contribution < 1.29 is 9.53 Å². The minimum absolute atomic E-state index is 0.292. The molecule has 0 fully saturated rings. The molecule has 4 rings (SSSR count). The third kappa shape index (κ3) is 4.10. The summed E-state index contributed by atoms with van der Waals surface area (Å²) in [5.74, 6) is 1.14. The van der Waals surface area contributed by atoms with Gasteiger partial charge in [0.05, 0.1) is 17.5 Å². The average molecular weight is 412 g/mol. The third-order valence-corrected chi connectivity index (χ3v) is 6.39. The Labute approximate surface area is 169 Å². The predicted molar refractivity (Wildman–Crippen MR) is 112 cm³/mol. The Kier molecular flexibility index (Phi) is 5.73. The minimum Gasteiger partial charge on any atom is -0.439 e. The zero-order chi connectivity index (χ0) is 19.3. The van der Waals surface area contributed by atoms with Gasteiger partial charge in [-0.15, -0.1) is 5.10 Å². The second-order valence-corrected chi connectivity index (χ2v) is 8.22. The predicted octanol–water partition coefficient (Wildman–Crippen LogP) is 2.94. The van der Waals surface area contributed by atoms with Crippen LogP contribution in [0.4, 0.5) is 0 Å². The van der Waals surface area contributed by atoms with E-state index in [4.69, 9.17) is 4.74 Å². The van der Waals surface area contributed by atoms with Crippen LogP contribution in [-0.2, 0) is 17.2 Å². The zero-order valence-electron chi connectivity index (χ0n) is 14.8. The molecule has 0 atom stereocenters. The summed E-state index contributed by atoms with van der Waals surface area (Å²) in [4.78, 5) is 29.4. The molecular formula is C19H16N4O3S2. The molecule has 2 heterocycles. The van der Waals surface area contributed by atoms with Gasteiger partial charge in [-0.2, -0.15) is 4.68 Å². The van der Waals surface area contributed by atoms with Gasteiger partial charge in [-0.1, -0.05) is 59.1 Å². The number of aromatic nitrogens is 3. The summed E-state index contributed by atoms with van der Waals surface area (Å²) in [6.07, 6.45) is 0. The summed E-state index contributed by atoms with van der Waals surface area (Å²) in [7, 11) is 0. The second-order valence-electron chi connectivity index (χ2n) is 5.91. The number of rotatable bonds is 5. The number of hydrogen-bond acceptors (Lipinski definition) is 8. The van der Waals surface area contributed by atoms with Crippen molar-refractivity contribution in [1.29, 1.82) is 0 Å². The van der Waals surface area contributed by atoms with E-state index in [-0.39, 0.29) is 12.3 Å². The van der Waals surface area contributed by atoms with Crippen LogP contribution < -0.4 is 5.56 Å². The van der Waals surface area contributed by atoms with Crippen LogP contribution in [0.5, 0.6) is 0 Å². The smallest absolute Gasteiger partial charge is 0.340 e.